The third kappa shape index (κ3) is 3.18. The molecule has 3 heteroatoms. The Labute approximate surface area is 133 Å². The molecule has 3 rings (SSSR count). The van der Waals surface area contributed by atoms with Crippen LogP contribution in [0.15, 0.2) is 78.9 Å². The van der Waals surface area contributed by atoms with Crippen molar-refractivity contribution in [1.29, 1.82) is 0 Å². The fourth-order valence-corrected chi connectivity index (χ4v) is 2.32. The quantitative estimate of drug-likeness (QED) is 0.606. The van der Waals surface area contributed by atoms with E-state index in [1.807, 2.05) is 30.3 Å². The number of carbonyl (C=O) groups excluding carboxylic acids is 1. The Morgan fingerprint density at radius 2 is 1.32 bits per heavy atom. The average molecular weight is 309 g/mol. The number of ether oxygens (including phenoxy) is 1. The molecule has 0 heterocycles. The molecular weight excluding hydrogens is 296 g/mol. The van der Waals surface area contributed by atoms with Crippen LogP contribution in [0.5, 0.6) is 11.5 Å². The minimum absolute atomic E-state index is 0.100. The first-order valence-corrected chi connectivity index (χ1v) is 7.24. The number of para-hydroxylation sites is 1. The van der Waals surface area contributed by atoms with Gasteiger partial charge in [0.15, 0.2) is 5.78 Å². The molecular formula is C19H13ClO2. The van der Waals surface area contributed by atoms with E-state index in [4.69, 9.17) is 16.3 Å². The van der Waals surface area contributed by atoms with Crippen LogP contribution < -0.4 is 4.74 Å². The number of hydrogen-bond acceptors (Lipinski definition) is 2. The van der Waals surface area contributed by atoms with Crippen molar-refractivity contribution in [2.45, 2.75) is 0 Å². The molecule has 0 saturated heterocycles. The molecule has 0 N–H and O–H groups in total. The van der Waals surface area contributed by atoms with Crippen LogP contribution in [0.2, 0.25) is 5.02 Å². The summed E-state index contributed by atoms with van der Waals surface area (Å²) in [4.78, 5) is 12.4. The monoisotopic (exact) mass is 308 g/mol. The summed E-state index contributed by atoms with van der Waals surface area (Å²) in [6, 6.07) is 23.6. The molecule has 22 heavy (non-hydrogen) atoms. The van der Waals surface area contributed by atoms with E-state index >= 15 is 0 Å². The van der Waals surface area contributed by atoms with Gasteiger partial charge in [-0.15, -0.1) is 0 Å². The van der Waals surface area contributed by atoms with Crippen molar-refractivity contribution in [3.05, 3.63) is 95.0 Å². The van der Waals surface area contributed by atoms with Gasteiger partial charge >= 0.3 is 0 Å². The minimum atomic E-state index is -0.100. The van der Waals surface area contributed by atoms with Gasteiger partial charge in [0.1, 0.15) is 11.5 Å². The smallest absolute Gasteiger partial charge is 0.194 e. The van der Waals surface area contributed by atoms with Crippen molar-refractivity contribution < 1.29 is 9.53 Å². The van der Waals surface area contributed by atoms with Gasteiger partial charge in [-0.25, -0.2) is 0 Å². The molecule has 0 atom stereocenters. The zero-order valence-electron chi connectivity index (χ0n) is 11.7. The molecule has 0 amide bonds. The molecule has 3 aromatic carbocycles. The van der Waals surface area contributed by atoms with E-state index in [2.05, 4.69) is 0 Å². The molecule has 3 aromatic rings. The van der Waals surface area contributed by atoms with E-state index in [0.29, 0.717) is 21.9 Å². The third-order valence-corrected chi connectivity index (χ3v) is 3.54. The molecule has 108 valence electrons. The van der Waals surface area contributed by atoms with Crippen molar-refractivity contribution in [2.24, 2.45) is 0 Å². The fourth-order valence-electron chi connectivity index (χ4n) is 2.10. The molecule has 0 aliphatic carbocycles. The topological polar surface area (TPSA) is 26.3 Å². The molecule has 0 bridgehead atoms. The highest BCUT2D eigenvalue weighted by Crippen LogP contribution is 2.23. The Bertz CT molecular complexity index is 780. The first-order valence-electron chi connectivity index (χ1n) is 6.86. The van der Waals surface area contributed by atoms with Crippen molar-refractivity contribution in [3.63, 3.8) is 0 Å². The molecule has 0 aromatic heterocycles. The van der Waals surface area contributed by atoms with Crippen LogP contribution >= 0.6 is 11.6 Å². The van der Waals surface area contributed by atoms with Gasteiger partial charge < -0.3 is 4.74 Å². The lowest BCUT2D eigenvalue weighted by Gasteiger charge is -2.07. The third-order valence-electron chi connectivity index (χ3n) is 3.21. The van der Waals surface area contributed by atoms with E-state index in [1.54, 1.807) is 48.5 Å². The number of hydrogen-bond donors (Lipinski definition) is 0. The number of rotatable bonds is 4. The second-order valence-electron chi connectivity index (χ2n) is 4.75. The maximum absolute atomic E-state index is 12.4. The zero-order valence-corrected chi connectivity index (χ0v) is 12.5. The Balaban J connectivity index is 1.80. The summed E-state index contributed by atoms with van der Waals surface area (Å²) >= 11 is 6.06. The molecule has 0 radical (unpaired) electrons. The van der Waals surface area contributed by atoms with E-state index in [0.717, 1.165) is 5.75 Å². The highest BCUT2D eigenvalue weighted by molar-refractivity contribution is 6.34. The predicted molar refractivity (Wildman–Crippen MR) is 87.8 cm³/mol. The first-order chi connectivity index (χ1) is 10.7. The van der Waals surface area contributed by atoms with Crippen LogP contribution in [0.1, 0.15) is 15.9 Å². The van der Waals surface area contributed by atoms with E-state index < -0.39 is 0 Å². The molecule has 2 nitrogen and oxygen atoms in total. The van der Waals surface area contributed by atoms with E-state index in [-0.39, 0.29) is 5.78 Å². The molecule has 0 fully saturated rings. The van der Waals surface area contributed by atoms with Gasteiger partial charge in [-0.2, -0.15) is 0 Å². The Morgan fingerprint density at radius 3 is 2.00 bits per heavy atom. The molecule has 0 unspecified atom stereocenters. The van der Waals surface area contributed by atoms with Crippen molar-refractivity contribution in [1.82, 2.24) is 0 Å². The molecule has 0 spiro atoms. The lowest BCUT2D eigenvalue weighted by atomic mass is 10.0. The summed E-state index contributed by atoms with van der Waals surface area (Å²) in [7, 11) is 0. The van der Waals surface area contributed by atoms with Crippen LogP contribution in [0.3, 0.4) is 0 Å². The second kappa shape index (κ2) is 6.46. The Morgan fingerprint density at radius 1 is 0.727 bits per heavy atom. The lowest BCUT2D eigenvalue weighted by molar-refractivity contribution is 0.103. The summed E-state index contributed by atoms with van der Waals surface area (Å²) in [5.74, 6) is 1.34. The highest BCUT2D eigenvalue weighted by Gasteiger charge is 2.12. The normalized spacial score (nSPS) is 10.2. The Hall–Kier alpha value is -2.58. The summed E-state index contributed by atoms with van der Waals surface area (Å²) in [6.45, 7) is 0. The highest BCUT2D eigenvalue weighted by atomic mass is 35.5. The van der Waals surface area contributed by atoms with Crippen LogP contribution in [-0.4, -0.2) is 5.78 Å². The molecule has 0 aliphatic heterocycles. The summed E-state index contributed by atoms with van der Waals surface area (Å²) < 4.78 is 5.71. The van der Waals surface area contributed by atoms with Crippen molar-refractivity contribution >= 4 is 17.4 Å². The second-order valence-corrected chi connectivity index (χ2v) is 5.16. The van der Waals surface area contributed by atoms with Gasteiger partial charge in [-0.1, -0.05) is 41.9 Å². The van der Waals surface area contributed by atoms with Crippen LogP contribution in [0, 0.1) is 0 Å². The Kier molecular flexibility index (Phi) is 4.22. The van der Waals surface area contributed by atoms with Gasteiger partial charge in [0.05, 0.1) is 5.02 Å². The summed E-state index contributed by atoms with van der Waals surface area (Å²) in [5.41, 5.74) is 1.08. The van der Waals surface area contributed by atoms with Crippen molar-refractivity contribution in [3.8, 4) is 11.5 Å². The van der Waals surface area contributed by atoms with Gasteiger partial charge in [0.2, 0.25) is 0 Å². The zero-order chi connectivity index (χ0) is 15.4. The van der Waals surface area contributed by atoms with Crippen LogP contribution in [0.25, 0.3) is 0 Å². The predicted octanol–water partition coefficient (Wildman–Crippen LogP) is 5.36. The van der Waals surface area contributed by atoms with E-state index in [9.17, 15) is 4.79 Å². The number of carbonyl (C=O) groups is 1. The maximum atomic E-state index is 12.4. The van der Waals surface area contributed by atoms with Crippen LogP contribution in [0.4, 0.5) is 0 Å². The average Bonchev–Trinajstić information content (AvgIpc) is 2.56. The largest absolute Gasteiger partial charge is 0.457 e. The summed E-state index contributed by atoms with van der Waals surface area (Å²) in [5, 5.41) is 0.456. The summed E-state index contributed by atoms with van der Waals surface area (Å²) in [6.07, 6.45) is 0. The van der Waals surface area contributed by atoms with Gasteiger partial charge in [0.25, 0.3) is 0 Å². The lowest BCUT2D eigenvalue weighted by Crippen LogP contribution is -2.01. The van der Waals surface area contributed by atoms with Gasteiger partial charge in [-0.05, 0) is 48.5 Å². The number of ketones is 1. The van der Waals surface area contributed by atoms with Gasteiger partial charge in [0, 0.05) is 11.1 Å². The standard InChI is InChI=1S/C19H13ClO2/c20-18-9-5-4-8-17(18)19(21)14-10-12-16(13-11-14)22-15-6-2-1-3-7-15/h1-13H. The maximum Gasteiger partial charge on any atom is 0.194 e. The minimum Gasteiger partial charge on any atom is -0.457 e. The molecule has 0 aliphatic rings. The van der Waals surface area contributed by atoms with Gasteiger partial charge in [-0.3, -0.25) is 4.79 Å². The van der Waals surface area contributed by atoms with E-state index in [1.165, 1.54) is 0 Å². The fraction of sp³-hybridized carbons (Fsp3) is 0. The number of benzene rings is 3. The van der Waals surface area contributed by atoms with Crippen molar-refractivity contribution in [2.75, 3.05) is 0 Å². The molecule has 0 saturated carbocycles. The van der Waals surface area contributed by atoms with Crippen LogP contribution in [-0.2, 0) is 0 Å². The SMILES string of the molecule is O=C(c1ccc(Oc2ccccc2)cc1)c1ccccc1Cl. The number of halogens is 1. The first kappa shape index (κ1) is 14.4.